The Morgan fingerprint density at radius 2 is 1.74 bits per heavy atom. The molecule has 2 rings (SSSR count). The number of carbonyl (C=O) groups excluding carboxylic acids is 6. The number of nitrogens with one attached hydrogen (secondary N) is 3. The van der Waals surface area contributed by atoms with E-state index in [1.165, 1.54) is 34.8 Å². The minimum absolute atomic E-state index is 0.00477. The maximum Gasteiger partial charge on any atom is 0.430 e. The van der Waals surface area contributed by atoms with Crippen LogP contribution in [0, 0.1) is 5.41 Å². The number of alkyl halides is 3. The first-order valence-corrected chi connectivity index (χ1v) is 14.1. The Morgan fingerprint density at radius 3 is 2.28 bits per heavy atom. The lowest BCUT2D eigenvalue weighted by atomic mass is 9.83. The molecule has 1 aliphatic rings. The van der Waals surface area contributed by atoms with Gasteiger partial charge in [-0.15, -0.1) is 5.10 Å². The summed E-state index contributed by atoms with van der Waals surface area (Å²) < 4.78 is 43.6. The van der Waals surface area contributed by atoms with Crippen LogP contribution in [-0.4, -0.2) is 93.5 Å². The van der Waals surface area contributed by atoms with Gasteiger partial charge in [0.2, 0.25) is 17.7 Å². The summed E-state index contributed by atoms with van der Waals surface area (Å²) in [6, 6.07) is -1.73. The second kappa shape index (κ2) is 15.9. The van der Waals surface area contributed by atoms with E-state index in [1.54, 1.807) is 24.7 Å². The first kappa shape index (κ1) is 39.9. The number of carboxylic acid groups (broad SMARTS) is 1. The number of carbonyl (C=O) groups is 6. The standard InChI is InChI=1S/C25H41N7O7.C2HF3O2/c1-23(2)11-18(33)16(26)9-8-10-32-12-15(30-31-32)13-39-14-17(19(34)28-25(5,6)22(37)38-7)27-21(36)24(3,4)29-20(23)35;3-2(4,5)1(6)7/h12,16-17H,8-11,13-14,26H2,1-7H3,(H,27,36)(H,28,34)(H,29,35);(H,6,7)/t16-,17-;/m0./s1. The molecule has 1 aromatic heterocycles. The molecule has 2 heterocycles. The Morgan fingerprint density at radius 1 is 1.15 bits per heavy atom. The molecular weight excluding hydrogens is 623 g/mol. The Kier molecular flexibility index (Phi) is 13.8. The van der Waals surface area contributed by atoms with E-state index >= 15 is 0 Å². The topological polar surface area (TPSA) is 238 Å². The Hall–Kier alpha value is -4.13. The van der Waals surface area contributed by atoms with E-state index in [2.05, 4.69) is 32.0 Å². The van der Waals surface area contributed by atoms with Crippen molar-refractivity contribution in [3.05, 3.63) is 11.9 Å². The monoisotopic (exact) mass is 665 g/mol. The molecule has 19 heteroatoms. The van der Waals surface area contributed by atoms with Crippen LogP contribution >= 0.6 is 0 Å². The van der Waals surface area contributed by atoms with Crippen molar-refractivity contribution in [3.8, 4) is 0 Å². The second-order valence-corrected chi connectivity index (χ2v) is 12.4. The number of aryl methyl sites for hydroxylation is 1. The molecule has 3 amide bonds. The van der Waals surface area contributed by atoms with Crippen LogP contribution < -0.4 is 26.8 Å². The van der Waals surface area contributed by atoms with Crippen LogP contribution in [0.15, 0.2) is 6.20 Å². The number of fused-ring (bicyclic) bond motifs is 2. The summed E-state index contributed by atoms with van der Waals surface area (Å²) in [5.41, 5.74) is 0.519. The molecule has 1 aromatic rings. The van der Waals surface area contributed by atoms with Gasteiger partial charge in [0.25, 0.3) is 0 Å². The van der Waals surface area contributed by atoms with Crippen LogP contribution in [0.25, 0.3) is 0 Å². The predicted octanol–water partition coefficient (Wildman–Crippen LogP) is -2.07. The number of esters is 1. The van der Waals surface area contributed by atoms with E-state index in [1.807, 2.05) is 0 Å². The molecule has 1 aliphatic heterocycles. The average molecular weight is 666 g/mol. The highest BCUT2D eigenvalue weighted by Gasteiger charge is 2.40. The van der Waals surface area contributed by atoms with Gasteiger partial charge in [0.15, 0.2) is 5.78 Å². The minimum Gasteiger partial charge on any atom is -0.542 e. The molecule has 0 fully saturated rings. The Bertz CT molecular complexity index is 1280. The molecule has 260 valence electrons. The number of halogens is 3. The first-order valence-electron chi connectivity index (χ1n) is 14.1. The van der Waals surface area contributed by atoms with E-state index in [0.29, 0.717) is 25.1 Å². The normalized spacial score (nSPS) is 21.5. The molecule has 46 heavy (non-hydrogen) atoms. The number of ketones is 1. The zero-order valence-electron chi connectivity index (χ0n) is 26.8. The second-order valence-electron chi connectivity index (χ2n) is 12.4. The molecule has 16 nitrogen and oxygen atoms in total. The van der Waals surface area contributed by atoms with E-state index in [0.717, 1.165) is 0 Å². The molecule has 0 aliphatic carbocycles. The van der Waals surface area contributed by atoms with E-state index < -0.39 is 64.4 Å². The van der Waals surface area contributed by atoms with Gasteiger partial charge in [0.1, 0.15) is 34.8 Å². The number of rotatable bonds is 3. The van der Waals surface area contributed by atoms with Crippen molar-refractivity contribution in [1.29, 1.82) is 0 Å². The van der Waals surface area contributed by atoms with Crippen molar-refractivity contribution < 1.29 is 62.3 Å². The number of Topliss-reactive ketones (excluding diaryl/α,β-unsaturated/α-hetero) is 1. The number of methoxy groups -OCH3 is 1. The van der Waals surface area contributed by atoms with E-state index in [4.69, 9.17) is 19.4 Å². The van der Waals surface area contributed by atoms with Crippen LogP contribution in [-0.2, 0) is 51.4 Å². The molecule has 0 saturated carbocycles. The number of aromatic nitrogens is 3. The molecule has 2 atom stereocenters. The van der Waals surface area contributed by atoms with Gasteiger partial charge in [-0.25, -0.2) is 4.79 Å². The molecule has 0 aromatic carbocycles. The number of amides is 3. The van der Waals surface area contributed by atoms with Crippen molar-refractivity contribution in [3.63, 3.8) is 0 Å². The fraction of sp³-hybridized carbons (Fsp3) is 0.704. The first-order chi connectivity index (χ1) is 20.9. The van der Waals surface area contributed by atoms with Crippen LogP contribution in [0.1, 0.15) is 66.5 Å². The molecule has 6 N–H and O–H groups in total. The highest BCUT2D eigenvalue weighted by Crippen LogP contribution is 2.24. The van der Waals surface area contributed by atoms with Gasteiger partial charge < -0.3 is 41.1 Å². The summed E-state index contributed by atoms with van der Waals surface area (Å²) >= 11 is 0. The number of hydrogen-bond donors (Lipinski definition) is 4. The molecule has 2 bridgehead atoms. The quantitative estimate of drug-likeness (QED) is 0.256. The summed E-state index contributed by atoms with van der Waals surface area (Å²) in [5.74, 6) is -5.70. The van der Waals surface area contributed by atoms with Gasteiger partial charge in [-0.3, -0.25) is 23.9 Å². The van der Waals surface area contributed by atoms with Crippen molar-refractivity contribution in [2.24, 2.45) is 5.41 Å². The third kappa shape index (κ3) is 12.3. The number of nitrogens with zero attached hydrogens (tertiary/aromatic N) is 3. The maximum absolute atomic E-state index is 13.3. The lowest BCUT2D eigenvalue weighted by Crippen LogP contribution is -2.66. The van der Waals surface area contributed by atoms with Crippen molar-refractivity contribution >= 4 is 35.4 Å². The molecule has 0 spiro atoms. The summed E-state index contributed by atoms with van der Waals surface area (Å²) in [4.78, 5) is 73.2. The average Bonchev–Trinajstić information content (AvgIpc) is 3.37. The molecular formula is C27H42F3N7O9. The predicted molar refractivity (Wildman–Crippen MR) is 148 cm³/mol. The number of carboxylic acids is 1. The zero-order valence-corrected chi connectivity index (χ0v) is 26.8. The molecule has 0 radical (unpaired) electrons. The number of ether oxygens (including phenoxy) is 2. The summed E-state index contributed by atoms with van der Waals surface area (Å²) in [6.07, 6.45) is -2.43. The minimum atomic E-state index is -5.19. The van der Waals surface area contributed by atoms with Gasteiger partial charge >= 0.3 is 12.1 Å². The number of aliphatic carboxylic acids is 1. The lowest BCUT2D eigenvalue weighted by Gasteiger charge is -2.33. The van der Waals surface area contributed by atoms with Crippen molar-refractivity contribution in [2.75, 3.05) is 13.7 Å². The Balaban J connectivity index is 0.00000135. The lowest BCUT2D eigenvalue weighted by molar-refractivity contribution is -0.405. The fourth-order valence-corrected chi connectivity index (χ4v) is 3.85. The number of hydrogen-bond acceptors (Lipinski definition) is 11. The Labute approximate surface area is 263 Å². The summed E-state index contributed by atoms with van der Waals surface area (Å²) in [6.45, 7) is 9.40. The smallest absolute Gasteiger partial charge is 0.430 e. The largest absolute Gasteiger partial charge is 0.542 e. The van der Waals surface area contributed by atoms with Crippen molar-refractivity contribution in [2.45, 2.75) is 103 Å². The molecule has 0 unspecified atom stereocenters. The van der Waals surface area contributed by atoms with Crippen LogP contribution in [0.5, 0.6) is 0 Å². The van der Waals surface area contributed by atoms with Crippen LogP contribution in [0.4, 0.5) is 13.2 Å². The SMILES string of the molecule is COC(=O)C(C)(C)NC(=O)[C@@H]1COCc2cn(nn2)CCC[C@H]([NH3+])C(=O)CC(C)(C)C(=O)NC(C)(C)C(=O)N1.O=C([O-])C(F)(F)F. The zero-order chi connectivity index (χ0) is 35.7. The van der Waals surface area contributed by atoms with Gasteiger partial charge in [-0.05, 0) is 34.1 Å². The third-order valence-corrected chi connectivity index (χ3v) is 6.72. The van der Waals surface area contributed by atoms with Crippen LogP contribution in [0.3, 0.4) is 0 Å². The van der Waals surface area contributed by atoms with Gasteiger partial charge in [0, 0.05) is 19.4 Å². The fourth-order valence-electron chi connectivity index (χ4n) is 3.85. The van der Waals surface area contributed by atoms with Gasteiger partial charge in [-0.1, -0.05) is 19.1 Å². The summed E-state index contributed by atoms with van der Waals surface area (Å²) in [5, 5.41) is 24.8. The summed E-state index contributed by atoms with van der Waals surface area (Å²) in [7, 11) is 1.20. The van der Waals surface area contributed by atoms with E-state index in [9.17, 15) is 37.1 Å². The highest BCUT2D eigenvalue weighted by atomic mass is 19.4. The molecule has 0 saturated heterocycles. The van der Waals surface area contributed by atoms with Crippen LogP contribution in [0.2, 0.25) is 0 Å². The van der Waals surface area contributed by atoms with Crippen molar-refractivity contribution in [1.82, 2.24) is 30.9 Å². The highest BCUT2D eigenvalue weighted by molar-refractivity contribution is 5.97. The maximum atomic E-state index is 13.3. The van der Waals surface area contributed by atoms with Gasteiger partial charge in [0.05, 0.1) is 31.9 Å². The number of quaternary nitrogens is 1. The van der Waals surface area contributed by atoms with Gasteiger partial charge in [-0.2, -0.15) is 13.2 Å². The van der Waals surface area contributed by atoms with E-state index in [-0.39, 0.29) is 25.4 Å². The third-order valence-electron chi connectivity index (χ3n) is 6.72.